The van der Waals surface area contributed by atoms with Crippen LogP contribution in [0.2, 0.25) is 0 Å². The molecule has 0 amide bonds. The number of carbonyl (C=O) groups is 1. The zero-order valence-corrected chi connectivity index (χ0v) is 6.17. The molecule has 2 nitrogen and oxygen atoms in total. The molecule has 1 aliphatic rings. The molecule has 0 heterocycles. The van der Waals surface area contributed by atoms with Crippen molar-refractivity contribution in [3.05, 3.63) is 12.2 Å². The van der Waals surface area contributed by atoms with Gasteiger partial charge in [-0.25, -0.2) is 0 Å². The molecule has 0 aliphatic heterocycles. The van der Waals surface area contributed by atoms with E-state index in [0.29, 0.717) is 12.3 Å². The molecule has 0 saturated carbocycles. The lowest BCUT2D eigenvalue weighted by molar-refractivity contribution is -0.115. The van der Waals surface area contributed by atoms with E-state index in [2.05, 4.69) is 0 Å². The van der Waals surface area contributed by atoms with Crippen LogP contribution in [0.3, 0.4) is 0 Å². The largest absolute Gasteiger partial charge is 0.384 e. The summed E-state index contributed by atoms with van der Waals surface area (Å²) in [7, 11) is 1.68. The average molecular weight is 140 g/mol. The highest BCUT2D eigenvalue weighted by atomic mass is 16.5. The molecular weight excluding hydrogens is 128 g/mol. The molecule has 0 radical (unpaired) electrons. The third kappa shape index (κ3) is 1.95. The van der Waals surface area contributed by atoms with Gasteiger partial charge in [0.2, 0.25) is 0 Å². The van der Waals surface area contributed by atoms with Gasteiger partial charge in [-0.1, -0.05) is 6.08 Å². The Kier molecular flexibility index (Phi) is 2.63. The van der Waals surface area contributed by atoms with Gasteiger partial charge < -0.3 is 4.74 Å². The zero-order chi connectivity index (χ0) is 7.40. The van der Waals surface area contributed by atoms with Crippen molar-refractivity contribution >= 4 is 5.78 Å². The van der Waals surface area contributed by atoms with Crippen molar-refractivity contribution in [1.82, 2.24) is 0 Å². The lowest BCUT2D eigenvalue weighted by Crippen LogP contribution is -2.12. The van der Waals surface area contributed by atoms with Crippen molar-refractivity contribution in [2.24, 2.45) is 5.92 Å². The third-order valence-corrected chi connectivity index (χ3v) is 1.70. The van der Waals surface area contributed by atoms with Crippen molar-refractivity contribution in [3.63, 3.8) is 0 Å². The minimum absolute atomic E-state index is 0.243. The van der Waals surface area contributed by atoms with Gasteiger partial charge in [0.1, 0.15) is 0 Å². The molecule has 1 aliphatic carbocycles. The number of ether oxygens (including phenoxy) is 1. The van der Waals surface area contributed by atoms with Crippen LogP contribution in [-0.2, 0) is 9.53 Å². The van der Waals surface area contributed by atoms with Gasteiger partial charge in [0.25, 0.3) is 0 Å². The second-order valence-electron chi connectivity index (χ2n) is 2.58. The van der Waals surface area contributed by atoms with Crippen molar-refractivity contribution in [2.45, 2.75) is 12.8 Å². The quantitative estimate of drug-likeness (QED) is 0.575. The molecule has 0 aromatic rings. The van der Waals surface area contributed by atoms with E-state index in [1.807, 2.05) is 6.08 Å². The summed E-state index contributed by atoms with van der Waals surface area (Å²) in [6, 6.07) is 0. The summed E-state index contributed by atoms with van der Waals surface area (Å²) in [5.74, 6) is 0.704. The fourth-order valence-corrected chi connectivity index (χ4v) is 1.10. The molecule has 0 bridgehead atoms. The summed E-state index contributed by atoms with van der Waals surface area (Å²) >= 11 is 0. The maximum atomic E-state index is 10.7. The van der Waals surface area contributed by atoms with Gasteiger partial charge in [-0.2, -0.15) is 0 Å². The van der Waals surface area contributed by atoms with Gasteiger partial charge in [0.05, 0.1) is 6.61 Å². The van der Waals surface area contributed by atoms with Crippen molar-refractivity contribution in [1.29, 1.82) is 0 Å². The molecule has 0 spiro atoms. The maximum absolute atomic E-state index is 10.7. The molecule has 10 heavy (non-hydrogen) atoms. The number of rotatable bonds is 2. The molecule has 0 aromatic heterocycles. The van der Waals surface area contributed by atoms with Gasteiger partial charge in [-0.05, 0) is 12.5 Å². The number of ketones is 1. The van der Waals surface area contributed by atoms with Crippen LogP contribution >= 0.6 is 0 Å². The van der Waals surface area contributed by atoms with E-state index in [-0.39, 0.29) is 5.78 Å². The highest BCUT2D eigenvalue weighted by Gasteiger charge is 2.11. The van der Waals surface area contributed by atoms with Gasteiger partial charge >= 0.3 is 0 Å². The number of methoxy groups -OCH3 is 1. The number of hydrogen-bond donors (Lipinski definition) is 0. The normalized spacial score (nSPS) is 25.3. The molecule has 0 aromatic carbocycles. The van der Waals surface area contributed by atoms with E-state index in [9.17, 15) is 4.79 Å². The monoisotopic (exact) mass is 140 g/mol. The Labute approximate surface area is 60.9 Å². The molecule has 1 rings (SSSR count). The summed E-state index contributed by atoms with van der Waals surface area (Å²) in [6.07, 6.45) is 5.23. The predicted octanol–water partition coefficient (Wildman–Crippen LogP) is 1.17. The van der Waals surface area contributed by atoms with E-state index in [1.165, 1.54) is 0 Å². The van der Waals surface area contributed by atoms with E-state index in [0.717, 1.165) is 13.0 Å². The first-order valence-corrected chi connectivity index (χ1v) is 3.53. The van der Waals surface area contributed by atoms with Crippen LogP contribution in [0.4, 0.5) is 0 Å². The highest BCUT2D eigenvalue weighted by Crippen LogP contribution is 2.14. The minimum Gasteiger partial charge on any atom is -0.384 e. The van der Waals surface area contributed by atoms with Crippen molar-refractivity contribution < 1.29 is 9.53 Å². The van der Waals surface area contributed by atoms with Crippen LogP contribution in [-0.4, -0.2) is 19.5 Å². The Morgan fingerprint density at radius 3 is 3.10 bits per heavy atom. The topological polar surface area (TPSA) is 26.3 Å². The first-order valence-electron chi connectivity index (χ1n) is 3.53. The summed E-state index contributed by atoms with van der Waals surface area (Å²) in [5, 5.41) is 0. The van der Waals surface area contributed by atoms with Crippen LogP contribution < -0.4 is 0 Å². The second-order valence-corrected chi connectivity index (χ2v) is 2.58. The Hall–Kier alpha value is -0.630. The summed E-state index contributed by atoms with van der Waals surface area (Å²) in [5.41, 5.74) is 0. The standard InChI is InChI=1S/C8H12O2/c1-10-6-7-2-4-8(9)5-3-7/h2,4,7H,3,5-6H2,1H3. The molecular formula is C8H12O2. The Bertz CT molecular complexity index is 149. The number of allylic oxidation sites excluding steroid dienone is 1. The van der Waals surface area contributed by atoms with Gasteiger partial charge in [0.15, 0.2) is 5.78 Å². The molecule has 1 atom stereocenters. The second kappa shape index (κ2) is 3.52. The van der Waals surface area contributed by atoms with Crippen LogP contribution in [0.5, 0.6) is 0 Å². The minimum atomic E-state index is 0.243. The van der Waals surface area contributed by atoms with Crippen molar-refractivity contribution in [2.75, 3.05) is 13.7 Å². The fraction of sp³-hybridized carbons (Fsp3) is 0.625. The molecule has 0 N–H and O–H groups in total. The fourth-order valence-electron chi connectivity index (χ4n) is 1.10. The molecule has 2 heteroatoms. The Morgan fingerprint density at radius 1 is 1.80 bits per heavy atom. The average Bonchev–Trinajstić information content (AvgIpc) is 1.95. The van der Waals surface area contributed by atoms with Crippen LogP contribution in [0.1, 0.15) is 12.8 Å². The summed E-state index contributed by atoms with van der Waals surface area (Å²) in [4.78, 5) is 10.7. The highest BCUT2D eigenvalue weighted by molar-refractivity contribution is 5.90. The lowest BCUT2D eigenvalue weighted by Gasteiger charge is -2.13. The first kappa shape index (κ1) is 7.48. The summed E-state index contributed by atoms with van der Waals surface area (Å²) in [6.45, 7) is 0.740. The van der Waals surface area contributed by atoms with Gasteiger partial charge in [0, 0.05) is 19.4 Å². The Morgan fingerprint density at radius 2 is 2.60 bits per heavy atom. The van der Waals surface area contributed by atoms with Gasteiger partial charge in [-0.15, -0.1) is 0 Å². The number of carbonyl (C=O) groups excluding carboxylic acids is 1. The zero-order valence-electron chi connectivity index (χ0n) is 6.17. The van der Waals surface area contributed by atoms with E-state index in [1.54, 1.807) is 13.2 Å². The van der Waals surface area contributed by atoms with Crippen molar-refractivity contribution in [3.8, 4) is 0 Å². The molecule has 0 saturated heterocycles. The maximum Gasteiger partial charge on any atom is 0.155 e. The lowest BCUT2D eigenvalue weighted by atomic mass is 9.96. The first-order chi connectivity index (χ1) is 4.83. The molecule has 1 unspecified atom stereocenters. The molecule has 56 valence electrons. The SMILES string of the molecule is COCC1C=CC(=O)CC1. The van der Waals surface area contributed by atoms with Crippen LogP contribution in [0.15, 0.2) is 12.2 Å². The van der Waals surface area contributed by atoms with E-state index in [4.69, 9.17) is 4.74 Å². The smallest absolute Gasteiger partial charge is 0.155 e. The number of hydrogen-bond acceptors (Lipinski definition) is 2. The van der Waals surface area contributed by atoms with Crippen LogP contribution in [0, 0.1) is 5.92 Å². The van der Waals surface area contributed by atoms with Gasteiger partial charge in [-0.3, -0.25) is 4.79 Å². The third-order valence-electron chi connectivity index (χ3n) is 1.70. The van der Waals surface area contributed by atoms with Crippen LogP contribution in [0.25, 0.3) is 0 Å². The van der Waals surface area contributed by atoms with E-state index >= 15 is 0 Å². The molecule has 0 fully saturated rings. The summed E-state index contributed by atoms with van der Waals surface area (Å²) < 4.78 is 4.95. The van der Waals surface area contributed by atoms with E-state index < -0.39 is 0 Å². The Balaban J connectivity index is 2.37. The predicted molar refractivity (Wildman–Crippen MR) is 38.7 cm³/mol.